The summed E-state index contributed by atoms with van der Waals surface area (Å²) in [6.45, 7) is 4.20. The molecule has 0 amide bonds. The number of aromatic nitrogens is 2. The van der Waals surface area contributed by atoms with E-state index < -0.39 is 0 Å². The van der Waals surface area contributed by atoms with Crippen LogP contribution in [0.15, 0.2) is 18.2 Å². The van der Waals surface area contributed by atoms with Gasteiger partial charge in [0.2, 0.25) is 0 Å². The number of nitrogens with zero attached hydrogens (tertiary/aromatic N) is 1. The van der Waals surface area contributed by atoms with Gasteiger partial charge in [0.15, 0.2) is 5.82 Å². The zero-order chi connectivity index (χ0) is 11.7. The molecule has 1 atom stereocenters. The third kappa shape index (κ3) is 2.07. The van der Waals surface area contributed by atoms with Gasteiger partial charge in [-0.2, -0.15) is 0 Å². The van der Waals surface area contributed by atoms with Crippen LogP contribution in [0.4, 0.5) is 4.39 Å². The lowest BCUT2D eigenvalue weighted by Gasteiger charge is -2.10. The van der Waals surface area contributed by atoms with Gasteiger partial charge in [-0.1, -0.05) is 19.9 Å². The molecule has 3 N–H and O–H groups in total. The maximum absolute atomic E-state index is 13.4. The van der Waals surface area contributed by atoms with Crippen LogP contribution in [0.3, 0.4) is 0 Å². The smallest absolute Gasteiger partial charge is 0.151 e. The number of imidazole rings is 1. The fourth-order valence-corrected chi connectivity index (χ4v) is 1.81. The van der Waals surface area contributed by atoms with Gasteiger partial charge in [-0.3, -0.25) is 0 Å². The number of hydrogen-bond acceptors (Lipinski definition) is 2. The summed E-state index contributed by atoms with van der Waals surface area (Å²) in [6, 6.07) is 4.71. The molecular formula is C12H16FN3. The normalized spacial score (nSPS) is 13.6. The van der Waals surface area contributed by atoms with Crippen LogP contribution >= 0.6 is 0 Å². The van der Waals surface area contributed by atoms with Crippen molar-refractivity contribution in [3.8, 4) is 0 Å². The van der Waals surface area contributed by atoms with Crippen molar-refractivity contribution in [3.05, 3.63) is 29.8 Å². The molecule has 4 heteroatoms. The SMILES string of the molecule is CC(C)C[C@@H](N)c1nc2c(F)cccc2[nH]1. The highest BCUT2D eigenvalue weighted by molar-refractivity contribution is 5.75. The van der Waals surface area contributed by atoms with Crippen LogP contribution in [-0.2, 0) is 0 Å². The van der Waals surface area contributed by atoms with Crippen molar-refractivity contribution < 1.29 is 4.39 Å². The molecule has 0 aliphatic carbocycles. The maximum atomic E-state index is 13.4. The average Bonchev–Trinajstić information content (AvgIpc) is 2.61. The maximum Gasteiger partial charge on any atom is 0.151 e. The number of hydrogen-bond donors (Lipinski definition) is 2. The predicted molar refractivity (Wildman–Crippen MR) is 62.4 cm³/mol. The van der Waals surface area contributed by atoms with E-state index in [2.05, 4.69) is 23.8 Å². The van der Waals surface area contributed by atoms with E-state index >= 15 is 0 Å². The summed E-state index contributed by atoms with van der Waals surface area (Å²) >= 11 is 0. The molecule has 0 aliphatic rings. The fourth-order valence-electron chi connectivity index (χ4n) is 1.81. The van der Waals surface area contributed by atoms with E-state index in [0.29, 0.717) is 22.8 Å². The Bertz CT molecular complexity index is 490. The Morgan fingerprint density at radius 2 is 2.19 bits per heavy atom. The number of nitrogens with two attached hydrogens (primary N) is 1. The Morgan fingerprint density at radius 1 is 1.44 bits per heavy atom. The van der Waals surface area contributed by atoms with Gasteiger partial charge in [0, 0.05) is 0 Å². The number of aromatic amines is 1. The van der Waals surface area contributed by atoms with Gasteiger partial charge < -0.3 is 10.7 Å². The van der Waals surface area contributed by atoms with Gasteiger partial charge in [-0.15, -0.1) is 0 Å². The average molecular weight is 221 g/mol. The van der Waals surface area contributed by atoms with E-state index in [-0.39, 0.29) is 11.9 Å². The van der Waals surface area contributed by atoms with Gasteiger partial charge in [0.05, 0.1) is 11.6 Å². The topological polar surface area (TPSA) is 54.7 Å². The van der Waals surface area contributed by atoms with Crippen LogP contribution in [0.2, 0.25) is 0 Å². The molecule has 0 aliphatic heterocycles. The molecule has 0 spiro atoms. The van der Waals surface area contributed by atoms with E-state index in [1.165, 1.54) is 6.07 Å². The van der Waals surface area contributed by atoms with Crippen LogP contribution in [0.25, 0.3) is 11.0 Å². The zero-order valence-corrected chi connectivity index (χ0v) is 9.50. The largest absolute Gasteiger partial charge is 0.341 e. The Kier molecular flexibility index (Phi) is 2.92. The number of nitrogens with one attached hydrogen (secondary N) is 1. The summed E-state index contributed by atoms with van der Waals surface area (Å²) in [5.41, 5.74) is 7.07. The van der Waals surface area contributed by atoms with Crippen LogP contribution in [-0.4, -0.2) is 9.97 Å². The molecule has 16 heavy (non-hydrogen) atoms. The highest BCUT2D eigenvalue weighted by Crippen LogP contribution is 2.21. The quantitative estimate of drug-likeness (QED) is 0.837. The van der Waals surface area contributed by atoms with Gasteiger partial charge >= 0.3 is 0 Å². The molecule has 0 saturated carbocycles. The highest BCUT2D eigenvalue weighted by Gasteiger charge is 2.14. The van der Waals surface area contributed by atoms with Crippen molar-refractivity contribution in [3.63, 3.8) is 0 Å². The molecule has 2 aromatic rings. The first-order chi connectivity index (χ1) is 7.58. The van der Waals surface area contributed by atoms with Gasteiger partial charge in [0.1, 0.15) is 11.3 Å². The molecule has 0 fully saturated rings. The van der Waals surface area contributed by atoms with Crippen LogP contribution in [0.5, 0.6) is 0 Å². The predicted octanol–water partition coefficient (Wildman–Crippen LogP) is 2.75. The molecule has 1 heterocycles. The van der Waals surface area contributed by atoms with Crippen molar-refractivity contribution in [1.82, 2.24) is 9.97 Å². The summed E-state index contributed by atoms with van der Waals surface area (Å²) in [5, 5.41) is 0. The minimum absolute atomic E-state index is 0.160. The number of fused-ring (bicyclic) bond motifs is 1. The van der Waals surface area contributed by atoms with Crippen molar-refractivity contribution in [2.45, 2.75) is 26.3 Å². The number of rotatable bonds is 3. The van der Waals surface area contributed by atoms with Gasteiger partial charge in [-0.25, -0.2) is 9.37 Å². The Hall–Kier alpha value is -1.42. The molecule has 2 rings (SSSR count). The van der Waals surface area contributed by atoms with E-state index in [9.17, 15) is 4.39 Å². The minimum Gasteiger partial charge on any atom is -0.341 e. The molecular weight excluding hydrogens is 205 g/mol. The second-order valence-electron chi connectivity index (χ2n) is 4.49. The molecule has 86 valence electrons. The Morgan fingerprint density at radius 3 is 2.81 bits per heavy atom. The summed E-state index contributed by atoms with van der Waals surface area (Å²) in [7, 11) is 0. The lowest BCUT2D eigenvalue weighted by atomic mass is 10.0. The van der Waals surface area contributed by atoms with Crippen LogP contribution < -0.4 is 5.73 Å². The van der Waals surface area contributed by atoms with E-state index in [1.807, 2.05) is 0 Å². The zero-order valence-electron chi connectivity index (χ0n) is 9.50. The van der Waals surface area contributed by atoms with Crippen LogP contribution in [0.1, 0.15) is 32.1 Å². The molecule has 0 bridgehead atoms. The first-order valence-electron chi connectivity index (χ1n) is 5.47. The number of benzene rings is 1. The molecule has 3 nitrogen and oxygen atoms in total. The summed E-state index contributed by atoms with van der Waals surface area (Å²) < 4.78 is 13.4. The Labute approximate surface area is 93.9 Å². The lowest BCUT2D eigenvalue weighted by molar-refractivity contribution is 0.496. The minimum atomic E-state index is -0.309. The summed E-state index contributed by atoms with van der Waals surface area (Å²) in [6.07, 6.45) is 0.835. The van der Waals surface area contributed by atoms with Gasteiger partial charge in [0.25, 0.3) is 0 Å². The molecule has 1 aromatic heterocycles. The first kappa shape index (κ1) is 11.1. The molecule has 0 saturated heterocycles. The number of para-hydroxylation sites is 1. The van der Waals surface area contributed by atoms with Gasteiger partial charge in [-0.05, 0) is 24.5 Å². The van der Waals surface area contributed by atoms with Crippen LogP contribution in [0, 0.1) is 11.7 Å². The highest BCUT2D eigenvalue weighted by atomic mass is 19.1. The van der Waals surface area contributed by atoms with Crippen molar-refractivity contribution in [2.24, 2.45) is 11.7 Å². The fraction of sp³-hybridized carbons (Fsp3) is 0.417. The van der Waals surface area contributed by atoms with E-state index in [4.69, 9.17) is 5.73 Å². The van der Waals surface area contributed by atoms with E-state index in [1.54, 1.807) is 12.1 Å². The summed E-state index contributed by atoms with van der Waals surface area (Å²) in [4.78, 5) is 7.28. The first-order valence-corrected chi connectivity index (χ1v) is 5.47. The van der Waals surface area contributed by atoms with E-state index in [0.717, 1.165) is 6.42 Å². The summed E-state index contributed by atoms with van der Waals surface area (Å²) in [5.74, 6) is 0.846. The van der Waals surface area contributed by atoms with Crippen molar-refractivity contribution in [1.29, 1.82) is 0 Å². The lowest BCUT2D eigenvalue weighted by Crippen LogP contribution is -2.14. The molecule has 1 aromatic carbocycles. The molecule has 0 unspecified atom stereocenters. The third-order valence-corrected chi connectivity index (χ3v) is 2.56. The second-order valence-corrected chi connectivity index (χ2v) is 4.49. The monoisotopic (exact) mass is 221 g/mol. The standard InChI is InChI=1S/C12H16FN3/c1-7(2)6-9(14)12-15-10-5-3-4-8(13)11(10)16-12/h3-5,7,9H,6,14H2,1-2H3,(H,15,16)/t9-/m1/s1. The number of H-pyrrole nitrogens is 1. The number of halogens is 1. The Balaban J connectivity index is 2.36. The van der Waals surface area contributed by atoms with Crippen molar-refractivity contribution >= 4 is 11.0 Å². The third-order valence-electron chi connectivity index (χ3n) is 2.56. The van der Waals surface area contributed by atoms with Crippen molar-refractivity contribution in [2.75, 3.05) is 0 Å². The molecule has 0 radical (unpaired) electrons. The second kappa shape index (κ2) is 4.22.